The fourth-order valence-corrected chi connectivity index (χ4v) is 3.55. The molecule has 0 unspecified atom stereocenters. The normalized spacial score (nSPS) is 11.6. The number of hydrogen-bond donors (Lipinski definition) is 0. The van der Waals surface area contributed by atoms with Gasteiger partial charge in [-0.05, 0) is 37.4 Å². The number of hydrogen-bond acceptors (Lipinski definition) is 4. The van der Waals surface area contributed by atoms with Crippen LogP contribution >= 0.6 is 11.6 Å². The van der Waals surface area contributed by atoms with Crippen molar-refractivity contribution < 1.29 is 13.2 Å². The molecule has 0 saturated heterocycles. The molecule has 0 atom stereocenters. The molecule has 2 aromatic rings. The lowest BCUT2D eigenvalue weighted by atomic mass is 10.3. The first-order valence-electron chi connectivity index (χ1n) is 7.32. The molecule has 0 fully saturated rings. The van der Waals surface area contributed by atoms with Crippen molar-refractivity contribution in [3.8, 4) is 5.75 Å². The number of rotatable bonds is 8. The molecule has 0 saturated carbocycles. The summed E-state index contributed by atoms with van der Waals surface area (Å²) in [5, 5.41) is 0.629. The molecular formula is C17H20ClNO3S. The fraction of sp³-hybridized carbons (Fsp3) is 0.294. The van der Waals surface area contributed by atoms with Crippen molar-refractivity contribution in [2.75, 3.05) is 32.5 Å². The van der Waals surface area contributed by atoms with Crippen LogP contribution < -0.4 is 4.74 Å². The van der Waals surface area contributed by atoms with Crippen molar-refractivity contribution in [1.82, 2.24) is 4.90 Å². The molecule has 23 heavy (non-hydrogen) atoms. The van der Waals surface area contributed by atoms with Gasteiger partial charge < -0.3 is 9.64 Å². The molecule has 4 nitrogen and oxygen atoms in total. The molecule has 0 aromatic heterocycles. The average molecular weight is 354 g/mol. The van der Waals surface area contributed by atoms with Gasteiger partial charge in [0, 0.05) is 18.1 Å². The highest BCUT2D eigenvalue weighted by atomic mass is 35.5. The Morgan fingerprint density at radius 2 is 1.78 bits per heavy atom. The Hall–Kier alpha value is -1.56. The Morgan fingerprint density at radius 3 is 2.48 bits per heavy atom. The van der Waals surface area contributed by atoms with E-state index in [9.17, 15) is 8.42 Å². The van der Waals surface area contributed by atoms with E-state index in [1.165, 1.54) is 0 Å². The van der Waals surface area contributed by atoms with Crippen molar-refractivity contribution in [1.29, 1.82) is 0 Å². The highest BCUT2D eigenvalue weighted by Gasteiger charge is 2.14. The predicted octanol–water partition coefficient (Wildman–Crippen LogP) is 3.12. The lowest BCUT2D eigenvalue weighted by molar-refractivity contribution is 0.244. The SMILES string of the molecule is CN(CCOc1cccc(Cl)c1)CCS(=O)(=O)c1ccccc1. The van der Waals surface area contributed by atoms with E-state index in [4.69, 9.17) is 16.3 Å². The summed E-state index contributed by atoms with van der Waals surface area (Å²) in [6.45, 7) is 1.56. The van der Waals surface area contributed by atoms with Gasteiger partial charge in [-0.25, -0.2) is 8.42 Å². The molecule has 6 heteroatoms. The summed E-state index contributed by atoms with van der Waals surface area (Å²) < 4.78 is 30.0. The highest BCUT2D eigenvalue weighted by Crippen LogP contribution is 2.17. The maximum atomic E-state index is 12.2. The summed E-state index contributed by atoms with van der Waals surface area (Å²) >= 11 is 5.89. The number of sulfone groups is 1. The van der Waals surface area contributed by atoms with Crippen LogP contribution in [0.25, 0.3) is 0 Å². The second-order valence-corrected chi connectivity index (χ2v) is 7.79. The van der Waals surface area contributed by atoms with Gasteiger partial charge in [0.05, 0.1) is 10.6 Å². The Kier molecular flexibility index (Phi) is 6.45. The minimum Gasteiger partial charge on any atom is -0.492 e. The van der Waals surface area contributed by atoms with Gasteiger partial charge >= 0.3 is 0 Å². The number of nitrogens with zero attached hydrogens (tertiary/aromatic N) is 1. The smallest absolute Gasteiger partial charge is 0.179 e. The van der Waals surface area contributed by atoms with Gasteiger partial charge in [0.2, 0.25) is 0 Å². The number of benzene rings is 2. The quantitative estimate of drug-likeness (QED) is 0.731. The number of likely N-dealkylation sites (N-methyl/N-ethyl adjacent to an activating group) is 1. The summed E-state index contributed by atoms with van der Waals surface area (Å²) in [5.41, 5.74) is 0. The summed E-state index contributed by atoms with van der Waals surface area (Å²) in [6, 6.07) is 15.7. The lowest BCUT2D eigenvalue weighted by Crippen LogP contribution is -2.29. The van der Waals surface area contributed by atoms with Crippen LogP contribution in [0.3, 0.4) is 0 Å². The summed E-state index contributed by atoms with van der Waals surface area (Å²) in [7, 11) is -1.36. The standard InChI is InChI=1S/C17H20ClNO3S/c1-19(10-12-22-16-7-5-6-15(18)14-16)11-13-23(20,21)17-8-3-2-4-9-17/h2-9,14H,10-13H2,1H3. The molecule has 124 valence electrons. The van der Waals surface area contributed by atoms with Crippen LogP contribution in [-0.2, 0) is 9.84 Å². The molecule has 0 amide bonds. The second-order valence-electron chi connectivity index (χ2n) is 5.24. The Bertz CT molecular complexity index is 720. The molecular weight excluding hydrogens is 334 g/mol. The summed E-state index contributed by atoms with van der Waals surface area (Å²) in [5.74, 6) is 0.799. The van der Waals surface area contributed by atoms with Gasteiger partial charge in [0.15, 0.2) is 9.84 Å². The van der Waals surface area contributed by atoms with E-state index in [0.29, 0.717) is 35.4 Å². The van der Waals surface area contributed by atoms with Crippen LogP contribution in [0.4, 0.5) is 0 Å². The number of ether oxygens (including phenoxy) is 1. The van der Waals surface area contributed by atoms with Crippen molar-refractivity contribution >= 4 is 21.4 Å². The van der Waals surface area contributed by atoms with Crippen LogP contribution in [0, 0.1) is 0 Å². The molecule has 0 heterocycles. The minimum absolute atomic E-state index is 0.0880. The van der Waals surface area contributed by atoms with E-state index in [0.717, 1.165) is 0 Å². The van der Waals surface area contributed by atoms with E-state index >= 15 is 0 Å². The van der Waals surface area contributed by atoms with Crippen LogP contribution in [0.1, 0.15) is 0 Å². The summed E-state index contributed by atoms with van der Waals surface area (Å²) in [4.78, 5) is 2.30. The van der Waals surface area contributed by atoms with Gasteiger partial charge in [0.25, 0.3) is 0 Å². The molecule has 0 aliphatic heterocycles. The largest absolute Gasteiger partial charge is 0.492 e. The van der Waals surface area contributed by atoms with Crippen molar-refractivity contribution in [3.05, 3.63) is 59.6 Å². The molecule has 0 radical (unpaired) electrons. The van der Waals surface area contributed by atoms with Gasteiger partial charge in [-0.1, -0.05) is 35.9 Å². The first-order valence-corrected chi connectivity index (χ1v) is 9.35. The summed E-state index contributed by atoms with van der Waals surface area (Å²) in [6.07, 6.45) is 0. The van der Waals surface area contributed by atoms with Gasteiger partial charge in [-0.2, -0.15) is 0 Å². The Morgan fingerprint density at radius 1 is 1.04 bits per heavy atom. The molecule has 0 aliphatic carbocycles. The first-order chi connectivity index (χ1) is 11.0. The average Bonchev–Trinajstić information content (AvgIpc) is 2.54. The highest BCUT2D eigenvalue weighted by molar-refractivity contribution is 7.91. The predicted molar refractivity (Wildman–Crippen MR) is 92.9 cm³/mol. The molecule has 0 aliphatic rings. The van der Waals surface area contributed by atoms with E-state index < -0.39 is 9.84 Å². The van der Waals surface area contributed by atoms with Gasteiger partial charge in [0.1, 0.15) is 12.4 Å². The van der Waals surface area contributed by atoms with E-state index in [2.05, 4.69) is 0 Å². The van der Waals surface area contributed by atoms with Crippen LogP contribution in [0.2, 0.25) is 5.02 Å². The maximum Gasteiger partial charge on any atom is 0.179 e. The van der Waals surface area contributed by atoms with E-state index in [-0.39, 0.29) is 5.75 Å². The molecule has 0 bridgehead atoms. The van der Waals surface area contributed by atoms with Gasteiger partial charge in [-0.15, -0.1) is 0 Å². The zero-order chi connectivity index (χ0) is 16.7. The van der Waals surface area contributed by atoms with Crippen LogP contribution in [-0.4, -0.2) is 45.8 Å². The fourth-order valence-electron chi connectivity index (χ4n) is 2.01. The maximum absolute atomic E-state index is 12.2. The topological polar surface area (TPSA) is 46.6 Å². The van der Waals surface area contributed by atoms with Crippen LogP contribution in [0.5, 0.6) is 5.75 Å². The van der Waals surface area contributed by atoms with Crippen molar-refractivity contribution in [3.63, 3.8) is 0 Å². The third-order valence-electron chi connectivity index (χ3n) is 3.38. The molecule has 0 N–H and O–H groups in total. The zero-order valence-electron chi connectivity index (χ0n) is 13.0. The number of halogens is 1. The van der Waals surface area contributed by atoms with Crippen molar-refractivity contribution in [2.24, 2.45) is 0 Å². The van der Waals surface area contributed by atoms with Crippen molar-refractivity contribution in [2.45, 2.75) is 4.90 Å². The van der Waals surface area contributed by atoms with E-state index in [1.54, 1.807) is 42.5 Å². The first kappa shape index (κ1) is 17.8. The van der Waals surface area contributed by atoms with Crippen LogP contribution in [0.15, 0.2) is 59.5 Å². The zero-order valence-corrected chi connectivity index (χ0v) is 14.6. The van der Waals surface area contributed by atoms with Gasteiger partial charge in [-0.3, -0.25) is 0 Å². The molecule has 2 aromatic carbocycles. The molecule has 2 rings (SSSR count). The third kappa shape index (κ3) is 5.86. The third-order valence-corrected chi connectivity index (χ3v) is 5.33. The monoisotopic (exact) mass is 353 g/mol. The Balaban J connectivity index is 1.76. The Labute approximate surface area is 142 Å². The van der Waals surface area contributed by atoms with E-state index in [1.807, 2.05) is 24.1 Å². The minimum atomic E-state index is -3.24. The lowest BCUT2D eigenvalue weighted by Gasteiger charge is -2.17. The second kappa shape index (κ2) is 8.34. The molecule has 0 spiro atoms.